The first-order valence-corrected chi connectivity index (χ1v) is 12.4. The molecule has 2 aromatic carbocycles. The molecule has 3 rings (SSSR count). The van der Waals surface area contributed by atoms with Gasteiger partial charge in [-0.05, 0) is 48.1 Å². The third-order valence-corrected chi connectivity index (χ3v) is 7.12. The number of carboxylic acid groups (broad SMARTS) is 1. The highest BCUT2D eigenvalue weighted by molar-refractivity contribution is 7.89. The van der Waals surface area contributed by atoms with Crippen LogP contribution in [0.4, 0.5) is 0 Å². The quantitative estimate of drug-likeness (QED) is 0.411. The summed E-state index contributed by atoms with van der Waals surface area (Å²) < 4.78 is 28.5. The number of hydrogen-bond acceptors (Lipinski definition) is 5. The van der Waals surface area contributed by atoms with Crippen LogP contribution >= 0.6 is 0 Å². The van der Waals surface area contributed by atoms with E-state index in [0.29, 0.717) is 13.0 Å². The van der Waals surface area contributed by atoms with E-state index >= 15 is 0 Å². The Morgan fingerprint density at radius 1 is 1.12 bits per heavy atom. The van der Waals surface area contributed by atoms with E-state index in [4.69, 9.17) is 0 Å². The monoisotopic (exact) mass is 475 g/mol. The predicted octanol–water partition coefficient (Wildman–Crippen LogP) is 1.63. The number of benzene rings is 2. The fourth-order valence-electron chi connectivity index (χ4n) is 3.92. The molecule has 1 saturated heterocycles. The normalized spacial score (nSPS) is 18.2. The average Bonchev–Trinajstić information content (AvgIpc) is 3.16. The van der Waals surface area contributed by atoms with E-state index in [-0.39, 0.29) is 29.6 Å². The van der Waals surface area contributed by atoms with Crippen LogP contribution < -0.4 is 15.4 Å². The Kier molecular flexibility index (Phi) is 7.70. The van der Waals surface area contributed by atoms with Crippen LogP contribution in [0.25, 0.3) is 10.8 Å². The summed E-state index contributed by atoms with van der Waals surface area (Å²) in [5.74, 6) is -2.80. The summed E-state index contributed by atoms with van der Waals surface area (Å²) in [5, 5.41) is 16.3. The summed E-state index contributed by atoms with van der Waals surface area (Å²) in [6, 6.07) is 9.53. The molecule has 1 fully saturated rings. The minimum Gasteiger partial charge on any atom is -0.480 e. The SMILES string of the molecule is CC(C)C[C@H](NS(=O)(=O)c1ccc2ccccc2c1)C(=O)N[C@@H](C[C@@H]1CCNC1=O)C(=O)O. The lowest BCUT2D eigenvalue weighted by Gasteiger charge is -2.23. The lowest BCUT2D eigenvalue weighted by atomic mass is 9.97. The van der Waals surface area contributed by atoms with Gasteiger partial charge in [0, 0.05) is 12.5 Å². The molecule has 2 aromatic rings. The van der Waals surface area contributed by atoms with Crippen molar-refractivity contribution in [1.82, 2.24) is 15.4 Å². The van der Waals surface area contributed by atoms with E-state index in [0.717, 1.165) is 10.8 Å². The van der Waals surface area contributed by atoms with Crippen LogP contribution in [0.1, 0.15) is 33.1 Å². The molecule has 10 heteroatoms. The molecule has 4 N–H and O–H groups in total. The van der Waals surface area contributed by atoms with E-state index in [1.807, 2.05) is 26.0 Å². The van der Waals surface area contributed by atoms with Crippen molar-refractivity contribution < 1.29 is 27.9 Å². The molecule has 1 aliphatic rings. The Balaban J connectivity index is 1.78. The number of amides is 2. The largest absolute Gasteiger partial charge is 0.480 e. The first-order chi connectivity index (χ1) is 15.6. The number of rotatable bonds is 10. The molecule has 0 unspecified atom stereocenters. The molecule has 178 valence electrons. The molecule has 0 aliphatic carbocycles. The Bertz CT molecular complexity index is 1150. The topological polar surface area (TPSA) is 142 Å². The Labute approximate surface area is 193 Å². The molecule has 1 heterocycles. The molecule has 0 bridgehead atoms. The number of aliphatic carboxylic acids is 1. The Morgan fingerprint density at radius 2 is 1.82 bits per heavy atom. The summed E-state index contributed by atoms with van der Waals surface area (Å²) in [6.07, 6.45) is 0.607. The van der Waals surface area contributed by atoms with Gasteiger partial charge < -0.3 is 15.7 Å². The number of fused-ring (bicyclic) bond motifs is 1. The minimum atomic E-state index is -4.05. The zero-order chi connectivity index (χ0) is 24.2. The predicted molar refractivity (Wildman–Crippen MR) is 123 cm³/mol. The summed E-state index contributed by atoms with van der Waals surface area (Å²) in [4.78, 5) is 36.5. The lowest BCUT2D eigenvalue weighted by molar-refractivity contribution is -0.142. The molecule has 9 nitrogen and oxygen atoms in total. The maximum Gasteiger partial charge on any atom is 0.326 e. The fraction of sp³-hybridized carbons (Fsp3) is 0.435. The lowest BCUT2D eigenvalue weighted by Crippen LogP contribution is -2.52. The van der Waals surface area contributed by atoms with Crippen LogP contribution in [0.15, 0.2) is 47.4 Å². The third-order valence-electron chi connectivity index (χ3n) is 5.65. The van der Waals surface area contributed by atoms with Crippen molar-refractivity contribution in [2.45, 2.75) is 50.1 Å². The van der Waals surface area contributed by atoms with Crippen molar-refractivity contribution in [3.05, 3.63) is 42.5 Å². The number of carboxylic acids is 1. The molecule has 2 amide bonds. The molecular formula is C23H29N3O6S. The first kappa shape index (κ1) is 24.7. The minimum absolute atomic E-state index is 0.0140. The summed E-state index contributed by atoms with van der Waals surface area (Å²) >= 11 is 0. The van der Waals surface area contributed by atoms with Gasteiger partial charge in [-0.2, -0.15) is 4.72 Å². The Hall–Kier alpha value is -2.98. The molecular weight excluding hydrogens is 446 g/mol. The van der Waals surface area contributed by atoms with Gasteiger partial charge >= 0.3 is 5.97 Å². The van der Waals surface area contributed by atoms with Crippen LogP contribution in [0.3, 0.4) is 0 Å². The van der Waals surface area contributed by atoms with Crippen LogP contribution in [0.2, 0.25) is 0 Å². The summed E-state index contributed by atoms with van der Waals surface area (Å²) in [7, 11) is -4.05. The van der Waals surface area contributed by atoms with Gasteiger partial charge in [0.2, 0.25) is 21.8 Å². The van der Waals surface area contributed by atoms with Gasteiger partial charge in [0.25, 0.3) is 0 Å². The standard InChI is InChI=1S/C23H29N3O6S/c1-14(2)11-19(22(28)25-20(23(29)30)13-17-9-10-24-21(17)27)26-33(31,32)18-8-7-15-5-3-4-6-16(15)12-18/h3-8,12,14,17,19-20,26H,9-11,13H2,1-2H3,(H,24,27)(H,25,28)(H,29,30)/t17-,19-,20-/m0/s1. The van der Waals surface area contributed by atoms with E-state index in [2.05, 4.69) is 15.4 Å². The number of carbonyl (C=O) groups excluding carboxylic acids is 2. The van der Waals surface area contributed by atoms with Gasteiger partial charge in [-0.15, -0.1) is 0 Å². The summed E-state index contributed by atoms with van der Waals surface area (Å²) in [5.41, 5.74) is 0. The van der Waals surface area contributed by atoms with Gasteiger partial charge in [0.05, 0.1) is 4.90 Å². The number of sulfonamides is 1. The third kappa shape index (κ3) is 6.29. The maximum atomic E-state index is 13.1. The van der Waals surface area contributed by atoms with Crippen LogP contribution in [0, 0.1) is 11.8 Å². The van der Waals surface area contributed by atoms with Crippen molar-refractivity contribution in [2.75, 3.05) is 6.54 Å². The smallest absolute Gasteiger partial charge is 0.326 e. The average molecular weight is 476 g/mol. The van der Waals surface area contributed by atoms with Crippen molar-refractivity contribution in [3.63, 3.8) is 0 Å². The first-order valence-electron chi connectivity index (χ1n) is 10.9. The molecule has 0 spiro atoms. The molecule has 0 radical (unpaired) electrons. The molecule has 0 aromatic heterocycles. The van der Waals surface area contributed by atoms with E-state index in [9.17, 15) is 27.9 Å². The molecule has 3 atom stereocenters. The second-order valence-corrected chi connectivity index (χ2v) is 10.4. The molecule has 0 saturated carbocycles. The van der Waals surface area contributed by atoms with Gasteiger partial charge in [-0.25, -0.2) is 13.2 Å². The van der Waals surface area contributed by atoms with Crippen molar-refractivity contribution in [2.24, 2.45) is 11.8 Å². The maximum absolute atomic E-state index is 13.1. The molecule has 1 aliphatic heterocycles. The highest BCUT2D eigenvalue weighted by Gasteiger charge is 2.34. The van der Waals surface area contributed by atoms with Crippen molar-refractivity contribution in [3.8, 4) is 0 Å². The number of nitrogens with one attached hydrogen (secondary N) is 3. The summed E-state index contributed by atoms with van der Waals surface area (Å²) in [6.45, 7) is 4.13. The van der Waals surface area contributed by atoms with Gasteiger partial charge in [-0.3, -0.25) is 9.59 Å². The van der Waals surface area contributed by atoms with Crippen molar-refractivity contribution in [1.29, 1.82) is 0 Å². The number of carbonyl (C=O) groups is 3. The van der Waals surface area contributed by atoms with E-state index < -0.39 is 39.9 Å². The van der Waals surface area contributed by atoms with E-state index in [1.165, 1.54) is 12.1 Å². The van der Waals surface area contributed by atoms with Crippen LogP contribution in [-0.4, -0.2) is 49.9 Å². The highest BCUT2D eigenvalue weighted by Crippen LogP contribution is 2.20. The van der Waals surface area contributed by atoms with Gasteiger partial charge in [0.1, 0.15) is 12.1 Å². The van der Waals surface area contributed by atoms with E-state index in [1.54, 1.807) is 18.2 Å². The van der Waals surface area contributed by atoms with Crippen molar-refractivity contribution >= 4 is 38.6 Å². The highest BCUT2D eigenvalue weighted by atomic mass is 32.2. The fourth-order valence-corrected chi connectivity index (χ4v) is 5.16. The van der Waals surface area contributed by atoms with Gasteiger partial charge in [-0.1, -0.05) is 44.2 Å². The molecule has 33 heavy (non-hydrogen) atoms. The number of hydrogen-bond donors (Lipinski definition) is 4. The van der Waals surface area contributed by atoms with Crippen LogP contribution in [-0.2, 0) is 24.4 Å². The second kappa shape index (κ2) is 10.3. The van der Waals surface area contributed by atoms with Gasteiger partial charge in [0.15, 0.2) is 0 Å². The zero-order valence-corrected chi connectivity index (χ0v) is 19.4. The van der Waals surface area contributed by atoms with Crippen LogP contribution in [0.5, 0.6) is 0 Å². The second-order valence-electron chi connectivity index (χ2n) is 8.72. The Morgan fingerprint density at radius 3 is 2.42 bits per heavy atom. The zero-order valence-electron chi connectivity index (χ0n) is 18.6.